The monoisotopic (exact) mass is 488 g/mol. The number of carbonyl (C=O) groups excluding carboxylic acids is 2. The van der Waals surface area contributed by atoms with Crippen LogP contribution in [-0.2, 0) is 28.0 Å². The lowest BCUT2D eigenvalue weighted by atomic mass is 9.71. The highest BCUT2D eigenvalue weighted by molar-refractivity contribution is 5.92. The Hall–Kier alpha value is -3.52. The van der Waals surface area contributed by atoms with Gasteiger partial charge < -0.3 is 19.5 Å². The average Bonchev–Trinajstić information content (AvgIpc) is 3.45. The van der Waals surface area contributed by atoms with Crippen LogP contribution in [0.2, 0.25) is 0 Å². The van der Waals surface area contributed by atoms with Gasteiger partial charge in [0.25, 0.3) is 5.91 Å². The quantitative estimate of drug-likeness (QED) is 0.540. The predicted molar refractivity (Wildman–Crippen MR) is 133 cm³/mol. The number of hydrogen-bond donors (Lipinski definition) is 1. The van der Waals surface area contributed by atoms with Crippen LogP contribution in [-0.4, -0.2) is 46.0 Å². The molecule has 0 bridgehead atoms. The summed E-state index contributed by atoms with van der Waals surface area (Å²) in [4.78, 5) is 31.3. The van der Waals surface area contributed by atoms with E-state index in [0.717, 1.165) is 42.6 Å². The molecule has 3 heterocycles. The van der Waals surface area contributed by atoms with Gasteiger partial charge in [-0.3, -0.25) is 14.6 Å². The molecule has 3 aromatic rings. The average molecular weight is 489 g/mol. The zero-order valence-electron chi connectivity index (χ0n) is 20.8. The van der Waals surface area contributed by atoms with E-state index in [1.54, 1.807) is 25.4 Å². The molecule has 2 aromatic heterocycles. The summed E-state index contributed by atoms with van der Waals surface area (Å²) < 4.78 is 12.0. The molecule has 1 fully saturated rings. The van der Waals surface area contributed by atoms with Crippen molar-refractivity contribution in [3.8, 4) is 0 Å². The molecule has 2 atom stereocenters. The Bertz CT molecular complexity index is 1220. The topological polar surface area (TPSA) is 97.6 Å². The molecular formula is C28H32N4O4. The molecule has 5 rings (SSSR count). The maximum Gasteiger partial charge on any atom is 0.276 e. The van der Waals surface area contributed by atoms with E-state index in [0.29, 0.717) is 25.4 Å². The van der Waals surface area contributed by atoms with E-state index in [-0.39, 0.29) is 29.4 Å². The molecule has 36 heavy (non-hydrogen) atoms. The van der Waals surface area contributed by atoms with Crippen molar-refractivity contribution in [1.82, 2.24) is 20.4 Å². The van der Waals surface area contributed by atoms with Gasteiger partial charge in [-0.05, 0) is 48.1 Å². The number of nitrogens with zero attached hydrogens (tertiary/aromatic N) is 3. The summed E-state index contributed by atoms with van der Waals surface area (Å²) in [7, 11) is 0. The van der Waals surface area contributed by atoms with Crippen molar-refractivity contribution in [2.45, 2.75) is 63.7 Å². The van der Waals surface area contributed by atoms with Gasteiger partial charge in [-0.2, -0.15) is 0 Å². The number of amides is 2. The Morgan fingerprint density at radius 3 is 2.64 bits per heavy atom. The number of nitrogens with one attached hydrogen (secondary N) is 1. The molecule has 1 aromatic carbocycles. The lowest BCUT2D eigenvalue weighted by Gasteiger charge is -2.44. The maximum absolute atomic E-state index is 13.2. The third-order valence-corrected chi connectivity index (χ3v) is 7.43. The van der Waals surface area contributed by atoms with Crippen LogP contribution in [0.4, 0.5) is 0 Å². The van der Waals surface area contributed by atoms with Crippen molar-refractivity contribution in [2.75, 3.05) is 13.1 Å². The number of carbonyl (C=O) groups is 2. The molecule has 0 saturated carbocycles. The van der Waals surface area contributed by atoms with Crippen LogP contribution >= 0.6 is 0 Å². The Balaban J connectivity index is 1.40. The van der Waals surface area contributed by atoms with Crippen molar-refractivity contribution in [2.24, 2.45) is 0 Å². The third-order valence-electron chi connectivity index (χ3n) is 7.43. The van der Waals surface area contributed by atoms with Gasteiger partial charge in [-0.15, -0.1) is 0 Å². The summed E-state index contributed by atoms with van der Waals surface area (Å²) in [5.41, 5.74) is 3.36. The molecule has 1 N–H and O–H groups in total. The number of likely N-dealkylation sites (tertiary alicyclic amines) is 1. The van der Waals surface area contributed by atoms with E-state index >= 15 is 0 Å². The summed E-state index contributed by atoms with van der Waals surface area (Å²) >= 11 is 0. The fraction of sp³-hybridized carbons (Fsp3) is 0.429. The molecular weight excluding hydrogens is 456 g/mol. The summed E-state index contributed by atoms with van der Waals surface area (Å²) in [6, 6.07) is 13.6. The Morgan fingerprint density at radius 2 is 1.92 bits per heavy atom. The lowest BCUT2D eigenvalue weighted by molar-refractivity contribution is -0.122. The van der Waals surface area contributed by atoms with Crippen LogP contribution in [0.1, 0.15) is 72.1 Å². The summed E-state index contributed by atoms with van der Waals surface area (Å²) in [5, 5.41) is 7.17. The zero-order valence-corrected chi connectivity index (χ0v) is 20.8. The Morgan fingerprint density at radius 1 is 1.17 bits per heavy atom. The molecule has 1 aliphatic carbocycles. The second-order valence-corrected chi connectivity index (χ2v) is 9.73. The molecule has 2 amide bonds. The van der Waals surface area contributed by atoms with Crippen LogP contribution in [0.15, 0.2) is 59.4 Å². The van der Waals surface area contributed by atoms with E-state index in [2.05, 4.69) is 34.5 Å². The van der Waals surface area contributed by atoms with Crippen molar-refractivity contribution in [3.05, 3.63) is 83.0 Å². The van der Waals surface area contributed by atoms with Crippen LogP contribution < -0.4 is 5.32 Å². The standard InChI is InChI=1S/C28H32N4O4/c1-3-6-21-17-24(31-36-21)27(34)32-15-11-28(12-16-32)23-8-5-4-7-22(23)25(30-19(2)33)26(28)35-18-20-9-13-29-14-10-20/h4-5,7-10,13-14,17,25-26H,3,6,11-12,15-16,18H2,1-2H3,(H,30,33)/t25-,26+/m1/s1. The number of piperidine rings is 1. The van der Waals surface area contributed by atoms with Crippen LogP contribution in [0.25, 0.3) is 0 Å². The SMILES string of the molecule is CCCc1cc(C(=O)N2CCC3(CC2)c2ccccc2[C@@H](NC(C)=O)[C@@H]3OCc2ccncc2)no1. The third kappa shape index (κ3) is 4.53. The minimum atomic E-state index is -0.315. The molecule has 8 nitrogen and oxygen atoms in total. The molecule has 8 heteroatoms. The highest BCUT2D eigenvalue weighted by Gasteiger charge is 2.54. The number of fused-ring (bicyclic) bond motifs is 2. The number of aromatic nitrogens is 2. The smallest absolute Gasteiger partial charge is 0.276 e. The fourth-order valence-corrected chi connectivity index (χ4v) is 5.75. The van der Waals surface area contributed by atoms with E-state index in [9.17, 15) is 9.59 Å². The van der Waals surface area contributed by atoms with Crippen molar-refractivity contribution >= 4 is 11.8 Å². The number of aryl methyl sites for hydroxylation is 1. The molecule has 188 valence electrons. The minimum absolute atomic E-state index is 0.0918. The highest BCUT2D eigenvalue weighted by atomic mass is 16.5. The summed E-state index contributed by atoms with van der Waals surface area (Å²) in [5.74, 6) is 0.544. The Kier molecular flexibility index (Phi) is 6.87. The largest absolute Gasteiger partial charge is 0.370 e. The van der Waals surface area contributed by atoms with Crippen molar-refractivity contribution < 1.29 is 18.8 Å². The highest BCUT2D eigenvalue weighted by Crippen LogP contribution is 2.52. The van der Waals surface area contributed by atoms with E-state index in [1.165, 1.54) is 5.56 Å². The summed E-state index contributed by atoms with van der Waals surface area (Å²) in [6.07, 6.45) is 6.41. The van der Waals surface area contributed by atoms with Gasteiger partial charge in [0.15, 0.2) is 5.69 Å². The van der Waals surface area contributed by atoms with Gasteiger partial charge >= 0.3 is 0 Å². The van der Waals surface area contributed by atoms with Crippen molar-refractivity contribution in [1.29, 1.82) is 0 Å². The van der Waals surface area contributed by atoms with Gasteiger partial charge in [0.05, 0.1) is 18.8 Å². The van der Waals surface area contributed by atoms with Crippen LogP contribution in [0.5, 0.6) is 0 Å². The Labute approximate surface area is 211 Å². The van der Waals surface area contributed by atoms with Gasteiger partial charge in [-0.1, -0.05) is 36.3 Å². The van der Waals surface area contributed by atoms with Gasteiger partial charge in [-0.25, -0.2) is 0 Å². The van der Waals surface area contributed by atoms with Crippen molar-refractivity contribution in [3.63, 3.8) is 0 Å². The van der Waals surface area contributed by atoms with E-state index < -0.39 is 0 Å². The first-order chi connectivity index (χ1) is 17.5. The molecule has 1 aliphatic heterocycles. The lowest BCUT2D eigenvalue weighted by Crippen LogP contribution is -2.51. The van der Waals surface area contributed by atoms with Gasteiger partial charge in [0.2, 0.25) is 5.91 Å². The zero-order chi connectivity index (χ0) is 25.1. The predicted octanol–water partition coefficient (Wildman–Crippen LogP) is 3.97. The number of benzene rings is 1. The number of rotatable bonds is 7. The molecule has 2 aliphatic rings. The first-order valence-electron chi connectivity index (χ1n) is 12.6. The first kappa shape index (κ1) is 24.2. The van der Waals surface area contributed by atoms with Crippen LogP contribution in [0.3, 0.4) is 0 Å². The molecule has 0 unspecified atom stereocenters. The van der Waals surface area contributed by atoms with Gasteiger partial charge in [0, 0.05) is 50.3 Å². The minimum Gasteiger partial charge on any atom is -0.370 e. The second-order valence-electron chi connectivity index (χ2n) is 9.73. The molecule has 0 radical (unpaired) electrons. The number of pyridine rings is 1. The maximum atomic E-state index is 13.2. The van der Waals surface area contributed by atoms with Crippen LogP contribution in [0, 0.1) is 0 Å². The number of ether oxygens (including phenoxy) is 1. The van der Waals surface area contributed by atoms with E-state index in [1.807, 2.05) is 29.2 Å². The first-order valence-corrected chi connectivity index (χ1v) is 12.6. The molecule has 1 saturated heterocycles. The normalized spacial score (nSPS) is 20.3. The van der Waals surface area contributed by atoms with E-state index in [4.69, 9.17) is 9.26 Å². The number of hydrogen-bond acceptors (Lipinski definition) is 6. The summed E-state index contributed by atoms with van der Waals surface area (Å²) in [6.45, 7) is 5.17. The van der Waals surface area contributed by atoms with Gasteiger partial charge in [0.1, 0.15) is 5.76 Å². The molecule has 1 spiro atoms. The second kappa shape index (κ2) is 10.2. The fourth-order valence-electron chi connectivity index (χ4n) is 5.75.